The van der Waals surface area contributed by atoms with E-state index in [0.717, 1.165) is 11.3 Å². The van der Waals surface area contributed by atoms with Crippen LogP contribution in [0.1, 0.15) is 11.1 Å². The van der Waals surface area contributed by atoms with E-state index in [0.29, 0.717) is 21.4 Å². The molecule has 0 aliphatic carbocycles. The highest BCUT2D eigenvalue weighted by Gasteiger charge is 2.26. The number of amides is 1. The van der Waals surface area contributed by atoms with Gasteiger partial charge in [-0.3, -0.25) is 4.90 Å². The Labute approximate surface area is 132 Å². The highest BCUT2D eigenvalue weighted by Crippen LogP contribution is 2.36. The molecule has 5 heteroatoms. The third kappa shape index (κ3) is 2.50. The minimum absolute atomic E-state index is 0.434. The van der Waals surface area contributed by atoms with Gasteiger partial charge in [-0.15, -0.1) is 0 Å². The van der Waals surface area contributed by atoms with Gasteiger partial charge in [-0.05, 0) is 30.3 Å². The van der Waals surface area contributed by atoms with Crippen molar-refractivity contribution >= 4 is 46.8 Å². The second-order valence-electron chi connectivity index (χ2n) is 4.59. The second kappa shape index (κ2) is 5.43. The van der Waals surface area contributed by atoms with Crippen LogP contribution in [-0.4, -0.2) is 13.1 Å². The fourth-order valence-corrected chi connectivity index (χ4v) is 2.68. The molecule has 0 aromatic heterocycles. The number of fused-ring (bicyclic) bond motifs is 1. The van der Waals surface area contributed by atoms with Crippen LogP contribution in [0.25, 0.3) is 11.8 Å². The van der Waals surface area contributed by atoms with E-state index < -0.39 is 6.09 Å². The summed E-state index contributed by atoms with van der Waals surface area (Å²) in [4.78, 5) is 13.4. The van der Waals surface area contributed by atoms with E-state index in [1.807, 2.05) is 24.3 Å². The van der Waals surface area contributed by atoms with Gasteiger partial charge in [0.05, 0.1) is 5.69 Å². The van der Waals surface area contributed by atoms with Crippen LogP contribution in [0.5, 0.6) is 0 Å². The molecule has 1 aliphatic heterocycles. The summed E-state index contributed by atoms with van der Waals surface area (Å²) >= 11 is 12.3. The van der Waals surface area contributed by atoms with Crippen LogP contribution in [0.4, 0.5) is 10.5 Å². The Hall–Kier alpha value is -1.97. The normalized spacial score (nSPS) is 15.9. The Morgan fingerprint density at radius 3 is 2.43 bits per heavy atom. The van der Waals surface area contributed by atoms with Crippen molar-refractivity contribution < 1.29 is 9.53 Å². The van der Waals surface area contributed by atoms with Gasteiger partial charge in [0.15, 0.2) is 0 Å². The number of nitrogens with zero attached hydrogens (tertiary/aromatic N) is 1. The smallest absolute Gasteiger partial charge is 0.409 e. The molecule has 1 amide bonds. The number of hydrogen-bond acceptors (Lipinski definition) is 2. The third-order valence-electron chi connectivity index (χ3n) is 3.28. The summed E-state index contributed by atoms with van der Waals surface area (Å²) < 4.78 is 5.37. The Morgan fingerprint density at radius 2 is 1.71 bits per heavy atom. The molecule has 0 fully saturated rings. The topological polar surface area (TPSA) is 29.5 Å². The minimum atomic E-state index is -0.442. The van der Waals surface area contributed by atoms with Crippen LogP contribution in [0.15, 0.2) is 42.5 Å². The summed E-state index contributed by atoms with van der Waals surface area (Å²) in [6, 6.07) is 12.7. The number of benzene rings is 2. The van der Waals surface area contributed by atoms with Crippen molar-refractivity contribution in [3.8, 4) is 0 Å². The van der Waals surface area contributed by atoms with Crippen molar-refractivity contribution in [2.75, 3.05) is 11.9 Å². The predicted molar refractivity (Wildman–Crippen MR) is 85.7 cm³/mol. The molecule has 3 rings (SSSR count). The molecule has 2 aromatic rings. The number of rotatable bonds is 1. The Kier molecular flexibility index (Phi) is 3.62. The van der Waals surface area contributed by atoms with Crippen molar-refractivity contribution in [3.05, 3.63) is 63.6 Å². The van der Waals surface area contributed by atoms with Crippen molar-refractivity contribution in [3.63, 3.8) is 0 Å². The van der Waals surface area contributed by atoms with E-state index in [4.69, 9.17) is 27.9 Å². The first kappa shape index (κ1) is 14.0. The summed E-state index contributed by atoms with van der Waals surface area (Å²) in [5.74, 6) is 0.434. The van der Waals surface area contributed by atoms with Crippen LogP contribution in [0.3, 0.4) is 0 Å². The molecule has 106 valence electrons. The molecule has 0 atom stereocenters. The van der Waals surface area contributed by atoms with Gasteiger partial charge in [0.2, 0.25) is 0 Å². The maximum atomic E-state index is 11.9. The number of carbonyl (C=O) groups is 1. The number of halogens is 2. The monoisotopic (exact) mass is 319 g/mol. The zero-order valence-electron chi connectivity index (χ0n) is 11.1. The summed E-state index contributed by atoms with van der Waals surface area (Å²) in [6.07, 6.45) is 1.25. The fourth-order valence-electron chi connectivity index (χ4n) is 2.18. The lowest BCUT2D eigenvalue weighted by molar-refractivity contribution is 0.199. The van der Waals surface area contributed by atoms with E-state index in [-0.39, 0.29) is 0 Å². The predicted octanol–water partition coefficient (Wildman–Crippen LogP) is 5.08. The molecule has 1 heterocycles. The SMILES string of the molecule is CN1C(=O)O/C(=C\c2c(Cl)cccc2Cl)c2ccccc21. The number of para-hydroxylation sites is 1. The molecule has 0 saturated heterocycles. The molecule has 0 spiro atoms. The first-order chi connectivity index (χ1) is 10.1. The molecule has 3 nitrogen and oxygen atoms in total. The van der Waals surface area contributed by atoms with E-state index >= 15 is 0 Å². The lowest BCUT2D eigenvalue weighted by Gasteiger charge is -2.27. The zero-order chi connectivity index (χ0) is 15.0. The van der Waals surface area contributed by atoms with Crippen LogP contribution in [0, 0.1) is 0 Å². The molecular formula is C16H11Cl2NO2. The average molecular weight is 320 g/mol. The van der Waals surface area contributed by atoms with Gasteiger partial charge in [0, 0.05) is 28.2 Å². The van der Waals surface area contributed by atoms with Gasteiger partial charge >= 0.3 is 6.09 Å². The first-order valence-electron chi connectivity index (χ1n) is 6.28. The highest BCUT2D eigenvalue weighted by molar-refractivity contribution is 6.37. The molecule has 2 aromatic carbocycles. The molecular weight excluding hydrogens is 309 g/mol. The quantitative estimate of drug-likeness (QED) is 0.733. The van der Waals surface area contributed by atoms with Crippen molar-refractivity contribution in [1.82, 2.24) is 0 Å². The summed E-state index contributed by atoms with van der Waals surface area (Å²) in [5.41, 5.74) is 2.22. The number of cyclic esters (lactones) is 1. The molecule has 0 unspecified atom stereocenters. The van der Waals surface area contributed by atoms with Gasteiger partial charge in [0.1, 0.15) is 5.76 Å². The second-order valence-corrected chi connectivity index (χ2v) is 5.40. The summed E-state index contributed by atoms with van der Waals surface area (Å²) in [6.45, 7) is 0. The van der Waals surface area contributed by atoms with Crippen molar-refractivity contribution in [2.45, 2.75) is 0 Å². The van der Waals surface area contributed by atoms with Crippen LogP contribution in [0.2, 0.25) is 10.0 Å². The minimum Gasteiger partial charge on any atom is -0.409 e. The van der Waals surface area contributed by atoms with Crippen molar-refractivity contribution in [1.29, 1.82) is 0 Å². The number of ether oxygens (including phenoxy) is 1. The molecule has 0 N–H and O–H groups in total. The van der Waals surface area contributed by atoms with E-state index in [9.17, 15) is 4.79 Å². The molecule has 0 bridgehead atoms. The fraction of sp³-hybridized carbons (Fsp3) is 0.0625. The van der Waals surface area contributed by atoms with E-state index in [1.165, 1.54) is 4.90 Å². The molecule has 1 aliphatic rings. The van der Waals surface area contributed by atoms with Crippen LogP contribution >= 0.6 is 23.2 Å². The lowest BCUT2D eigenvalue weighted by atomic mass is 10.1. The van der Waals surface area contributed by atoms with Crippen LogP contribution < -0.4 is 4.90 Å². The third-order valence-corrected chi connectivity index (χ3v) is 3.94. The van der Waals surface area contributed by atoms with Gasteiger partial charge in [-0.1, -0.05) is 41.4 Å². The van der Waals surface area contributed by atoms with Crippen LogP contribution in [-0.2, 0) is 4.74 Å². The number of hydrogen-bond donors (Lipinski definition) is 0. The van der Waals surface area contributed by atoms with Crippen molar-refractivity contribution in [2.24, 2.45) is 0 Å². The van der Waals surface area contributed by atoms with Gasteiger partial charge in [-0.2, -0.15) is 0 Å². The standard InChI is InChI=1S/C16H11Cl2NO2/c1-19-14-8-3-2-5-10(14)15(21-16(19)20)9-11-12(17)6-4-7-13(11)18/h2-9H,1H3/b15-9-. The number of carbonyl (C=O) groups excluding carboxylic acids is 1. The van der Waals surface area contributed by atoms with E-state index in [1.54, 1.807) is 31.3 Å². The Balaban J connectivity index is 2.17. The maximum Gasteiger partial charge on any atom is 0.419 e. The first-order valence-corrected chi connectivity index (χ1v) is 7.04. The molecule has 0 saturated carbocycles. The van der Waals surface area contributed by atoms with E-state index in [2.05, 4.69) is 0 Å². The largest absolute Gasteiger partial charge is 0.419 e. The number of anilines is 1. The Bertz CT molecular complexity index is 735. The average Bonchev–Trinajstić information content (AvgIpc) is 2.48. The Morgan fingerprint density at radius 1 is 1.05 bits per heavy atom. The zero-order valence-corrected chi connectivity index (χ0v) is 12.7. The lowest BCUT2D eigenvalue weighted by Crippen LogP contribution is -2.31. The van der Waals surface area contributed by atoms with Gasteiger partial charge in [0.25, 0.3) is 0 Å². The highest BCUT2D eigenvalue weighted by atomic mass is 35.5. The van der Waals surface area contributed by atoms with Gasteiger partial charge in [-0.25, -0.2) is 4.79 Å². The maximum absolute atomic E-state index is 11.9. The summed E-state index contributed by atoms with van der Waals surface area (Å²) in [7, 11) is 1.67. The molecule has 21 heavy (non-hydrogen) atoms. The molecule has 0 radical (unpaired) electrons. The van der Waals surface area contributed by atoms with Gasteiger partial charge < -0.3 is 4.74 Å². The summed E-state index contributed by atoms with van der Waals surface area (Å²) in [5, 5.41) is 1.00.